The Balaban J connectivity index is 2.36. The van der Waals surface area contributed by atoms with Crippen molar-refractivity contribution in [2.24, 2.45) is 0 Å². The summed E-state index contributed by atoms with van der Waals surface area (Å²) < 4.78 is 0. The predicted octanol–water partition coefficient (Wildman–Crippen LogP) is 2.24. The molecule has 0 fully saturated rings. The lowest BCUT2D eigenvalue weighted by Gasteiger charge is -2.20. The highest BCUT2D eigenvalue weighted by atomic mass is 15.1. The minimum Gasteiger partial charge on any atom is -0.378 e. The van der Waals surface area contributed by atoms with Gasteiger partial charge >= 0.3 is 0 Å². The molecule has 1 N–H and O–H groups in total. The average molecular weight is 256 g/mol. The molecular weight excluding hydrogens is 236 g/mol. The van der Waals surface area contributed by atoms with Gasteiger partial charge in [0.1, 0.15) is 6.33 Å². The van der Waals surface area contributed by atoms with E-state index in [0.717, 1.165) is 12.1 Å². The number of nitrogens with zero attached hydrogens (tertiary/aromatic N) is 3. The van der Waals surface area contributed by atoms with Crippen LogP contribution < -0.4 is 10.2 Å². The van der Waals surface area contributed by atoms with Crippen molar-refractivity contribution in [1.82, 2.24) is 15.3 Å². The van der Waals surface area contributed by atoms with E-state index in [2.05, 4.69) is 51.4 Å². The molecule has 1 atom stereocenters. The molecule has 100 valence electrons. The number of nitrogens with one attached hydrogen (secondary N) is 1. The van der Waals surface area contributed by atoms with Crippen LogP contribution in [-0.4, -0.2) is 30.6 Å². The number of benzene rings is 1. The second-order valence-corrected chi connectivity index (χ2v) is 4.65. The molecule has 0 radical (unpaired) electrons. The SMILES string of the molecule is CCNC(c1cncnc1)c1cccc(N(C)C)c1. The number of rotatable bonds is 5. The normalized spacial score (nSPS) is 12.2. The maximum atomic E-state index is 4.11. The van der Waals surface area contributed by atoms with Crippen molar-refractivity contribution in [3.63, 3.8) is 0 Å². The molecule has 19 heavy (non-hydrogen) atoms. The molecule has 4 nitrogen and oxygen atoms in total. The van der Waals surface area contributed by atoms with Gasteiger partial charge in [-0.25, -0.2) is 9.97 Å². The molecule has 0 aliphatic rings. The zero-order valence-corrected chi connectivity index (χ0v) is 11.7. The van der Waals surface area contributed by atoms with Crippen molar-refractivity contribution < 1.29 is 0 Å². The minimum absolute atomic E-state index is 0.131. The summed E-state index contributed by atoms with van der Waals surface area (Å²) in [6, 6.07) is 8.64. The molecule has 0 aliphatic carbocycles. The summed E-state index contributed by atoms with van der Waals surface area (Å²) >= 11 is 0. The average Bonchev–Trinajstić information content (AvgIpc) is 2.46. The molecule has 0 saturated heterocycles. The fraction of sp³-hybridized carbons (Fsp3) is 0.333. The Labute approximate surface area is 114 Å². The molecule has 4 heteroatoms. The molecular formula is C15H20N4. The van der Waals surface area contributed by atoms with Gasteiger partial charge in [-0.3, -0.25) is 0 Å². The van der Waals surface area contributed by atoms with Crippen molar-refractivity contribution in [2.45, 2.75) is 13.0 Å². The Hall–Kier alpha value is -1.94. The van der Waals surface area contributed by atoms with Crippen molar-refractivity contribution in [1.29, 1.82) is 0 Å². The van der Waals surface area contributed by atoms with Crippen LogP contribution in [0.5, 0.6) is 0 Å². The first-order valence-corrected chi connectivity index (χ1v) is 6.48. The minimum atomic E-state index is 0.131. The second-order valence-electron chi connectivity index (χ2n) is 4.65. The van der Waals surface area contributed by atoms with Crippen LogP contribution in [0.15, 0.2) is 43.0 Å². The zero-order chi connectivity index (χ0) is 13.7. The molecule has 0 amide bonds. The summed E-state index contributed by atoms with van der Waals surface area (Å²) in [5.74, 6) is 0. The predicted molar refractivity (Wildman–Crippen MR) is 78.3 cm³/mol. The van der Waals surface area contributed by atoms with Gasteiger partial charge in [-0.1, -0.05) is 19.1 Å². The van der Waals surface area contributed by atoms with Gasteiger partial charge in [-0.2, -0.15) is 0 Å². The van der Waals surface area contributed by atoms with E-state index >= 15 is 0 Å². The summed E-state index contributed by atoms with van der Waals surface area (Å²) in [6.07, 6.45) is 5.29. The van der Waals surface area contributed by atoms with Crippen LogP contribution in [-0.2, 0) is 0 Å². The standard InChI is InChI=1S/C15H20N4/c1-4-18-15(13-9-16-11-17-10-13)12-6-5-7-14(8-12)19(2)3/h5-11,15,18H,4H2,1-3H3. The van der Waals surface area contributed by atoms with Crippen molar-refractivity contribution in [3.8, 4) is 0 Å². The van der Waals surface area contributed by atoms with Crippen LogP contribution >= 0.6 is 0 Å². The molecule has 0 saturated carbocycles. The van der Waals surface area contributed by atoms with Crippen molar-refractivity contribution in [3.05, 3.63) is 54.1 Å². The number of hydrogen-bond acceptors (Lipinski definition) is 4. The molecule has 2 aromatic rings. The van der Waals surface area contributed by atoms with Gasteiger partial charge < -0.3 is 10.2 Å². The summed E-state index contributed by atoms with van der Waals surface area (Å²) in [5.41, 5.74) is 3.50. The van der Waals surface area contributed by atoms with Crippen molar-refractivity contribution in [2.75, 3.05) is 25.5 Å². The molecule has 0 spiro atoms. The lowest BCUT2D eigenvalue weighted by Crippen LogP contribution is -2.22. The third-order valence-corrected chi connectivity index (χ3v) is 3.04. The van der Waals surface area contributed by atoms with Gasteiger partial charge in [0.15, 0.2) is 0 Å². The number of hydrogen-bond donors (Lipinski definition) is 1. The largest absolute Gasteiger partial charge is 0.378 e. The Morgan fingerprint density at radius 3 is 2.53 bits per heavy atom. The summed E-state index contributed by atoms with van der Waals surface area (Å²) in [7, 11) is 4.10. The smallest absolute Gasteiger partial charge is 0.115 e. The zero-order valence-electron chi connectivity index (χ0n) is 11.7. The molecule has 1 aromatic carbocycles. The summed E-state index contributed by atoms with van der Waals surface area (Å²) in [5, 5.41) is 3.48. The fourth-order valence-corrected chi connectivity index (χ4v) is 2.07. The number of anilines is 1. The Kier molecular flexibility index (Phi) is 4.47. The highest BCUT2D eigenvalue weighted by Crippen LogP contribution is 2.24. The fourth-order valence-electron chi connectivity index (χ4n) is 2.07. The highest BCUT2D eigenvalue weighted by Gasteiger charge is 2.14. The van der Waals surface area contributed by atoms with Crippen molar-refractivity contribution >= 4 is 5.69 Å². The Bertz CT molecular complexity index is 511. The maximum Gasteiger partial charge on any atom is 0.115 e. The van der Waals surface area contributed by atoms with Gasteiger partial charge in [0.25, 0.3) is 0 Å². The van der Waals surface area contributed by atoms with Gasteiger partial charge in [0.2, 0.25) is 0 Å². The third-order valence-electron chi connectivity index (χ3n) is 3.04. The number of aromatic nitrogens is 2. The van der Waals surface area contributed by atoms with Gasteiger partial charge in [-0.15, -0.1) is 0 Å². The van der Waals surface area contributed by atoms with Gasteiger partial charge in [0.05, 0.1) is 6.04 Å². The van der Waals surface area contributed by atoms with Crippen LogP contribution in [0.25, 0.3) is 0 Å². The highest BCUT2D eigenvalue weighted by molar-refractivity contribution is 5.49. The van der Waals surface area contributed by atoms with Crippen LogP contribution in [0.4, 0.5) is 5.69 Å². The maximum absolute atomic E-state index is 4.11. The quantitative estimate of drug-likeness (QED) is 0.890. The topological polar surface area (TPSA) is 41.1 Å². The van der Waals surface area contributed by atoms with E-state index < -0.39 is 0 Å². The first-order valence-electron chi connectivity index (χ1n) is 6.48. The molecule has 0 aliphatic heterocycles. The van der Waals surface area contributed by atoms with E-state index in [1.807, 2.05) is 26.5 Å². The van der Waals surface area contributed by atoms with Crippen LogP contribution in [0, 0.1) is 0 Å². The third kappa shape index (κ3) is 3.29. The second kappa shape index (κ2) is 6.29. The first-order chi connectivity index (χ1) is 9.22. The van der Waals surface area contributed by atoms with E-state index in [0.29, 0.717) is 0 Å². The molecule has 2 rings (SSSR count). The Morgan fingerprint density at radius 1 is 1.16 bits per heavy atom. The first kappa shape index (κ1) is 13.5. The molecule has 0 bridgehead atoms. The molecule has 1 heterocycles. The van der Waals surface area contributed by atoms with E-state index in [9.17, 15) is 0 Å². The van der Waals surface area contributed by atoms with E-state index in [1.54, 1.807) is 6.33 Å². The monoisotopic (exact) mass is 256 g/mol. The summed E-state index contributed by atoms with van der Waals surface area (Å²) in [6.45, 7) is 3.00. The van der Waals surface area contributed by atoms with Crippen LogP contribution in [0.3, 0.4) is 0 Å². The van der Waals surface area contributed by atoms with Gasteiger partial charge in [0, 0.05) is 37.7 Å². The van der Waals surface area contributed by atoms with Crippen LogP contribution in [0.2, 0.25) is 0 Å². The van der Waals surface area contributed by atoms with Gasteiger partial charge in [-0.05, 0) is 24.2 Å². The van der Waals surface area contributed by atoms with E-state index in [1.165, 1.54) is 11.3 Å². The van der Waals surface area contributed by atoms with E-state index in [-0.39, 0.29) is 6.04 Å². The Morgan fingerprint density at radius 2 is 1.89 bits per heavy atom. The van der Waals surface area contributed by atoms with Crippen LogP contribution in [0.1, 0.15) is 24.1 Å². The lowest BCUT2D eigenvalue weighted by atomic mass is 10.0. The molecule has 1 unspecified atom stereocenters. The van der Waals surface area contributed by atoms with E-state index in [4.69, 9.17) is 0 Å². The lowest BCUT2D eigenvalue weighted by molar-refractivity contribution is 0.626. The summed E-state index contributed by atoms with van der Waals surface area (Å²) in [4.78, 5) is 10.3. The molecule has 1 aromatic heterocycles.